The first kappa shape index (κ1) is 19.3. The molecule has 0 aromatic heterocycles. The van der Waals surface area contributed by atoms with Gasteiger partial charge in [-0.25, -0.2) is 0 Å². The van der Waals surface area contributed by atoms with Crippen LogP contribution in [0.15, 0.2) is 18.2 Å². The Morgan fingerprint density at radius 2 is 2.00 bits per heavy atom. The largest absolute Gasteiger partial charge is 0.369 e. The van der Waals surface area contributed by atoms with Gasteiger partial charge in [-0.1, -0.05) is 13.0 Å². The molecular formula is C16H25BCl2N2O. The number of anilines is 1. The second-order valence-corrected chi connectivity index (χ2v) is 6.12. The van der Waals surface area contributed by atoms with E-state index in [1.807, 2.05) is 0 Å². The monoisotopic (exact) mass is 342 g/mol. The van der Waals surface area contributed by atoms with Crippen molar-refractivity contribution in [2.24, 2.45) is 0 Å². The van der Waals surface area contributed by atoms with Gasteiger partial charge in [0, 0.05) is 36.6 Å². The fourth-order valence-electron chi connectivity index (χ4n) is 2.49. The number of halogens is 2. The minimum atomic E-state index is 0.314. The highest BCUT2D eigenvalue weighted by Crippen LogP contribution is 2.21. The maximum atomic E-state index is 10.5. The maximum absolute atomic E-state index is 10.5. The van der Waals surface area contributed by atoms with Crippen molar-refractivity contribution in [1.29, 1.82) is 0 Å². The van der Waals surface area contributed by atoms with Crippen molar-refractivity contribution >= 4 is 42.5 Å². The molecule has 22 heavy (non-hydrogen) atoms. The van der Waals surface area contributed by atoms with Crippen LogP contribution in [0.1, 0.15) is 24.5 Å². The van der Waals surface area contributed by atoms with Crippen molar-refractivity contribution in [3.63, 3.8) is 0 Å². The zero-order valence-electron chi connectivity index (χ0n) is 13.4. The van der Waals surface area contributed by atoms with Crippen molar-refractivity contribution < 1.29 is 4.79 Å². The lowest BCUT2D eigenvalue weighted by atomic mass is 9.92. The molecule has 1 aromatic carbocycles. The summed E-state index contributed by atoms with van der Waals surface area (Å²) >= 11 is 11.8. The van der Waals surface area contributed by atoms with Gasteiger partial charge in [-0.2, -0.15) is 0 Å². The average molecular weight is 343 g/mol. The standard InChI is InChI=1S/C16H25BCl2N2O/c1-3-15(20-17-12-22)10-14-11-16(5-4-13(14)2)21(8-6-18)9-7-19/h4-5,11-12,15,17,20H,3,6-10H2,1-2H3/t15-/m0/s1. The zero-order valence-corrected chi connectivity index (χ0v) is 15.0. The first-order valence-corrected chi connectivity index (χ1v) is 8.86. The molecule has 0 amide bonds. The highest BCUT2D eigenvalue weighted by Gasteiger charge is 2.12. The molecule has 6 heteroatoms. The second kappa shape index (κ2) is 10.9. The molecule has 0 aliphatic heterocycles. The predicted octanol–water partition coefficient (Wildman–Crippen LogP) is 2.73. The molecule has 1 rings (SSSR count). The number of nitrogens with one attached hydrogen (secondary N) is 1. The molecule has 0 unspecified atom stereocenters. The Labute approximate surface area is 144 Å². The number of benzene rings is 1. The first-order valence-electron chi connectivity index (χ1n) is 7.79. The van der Waals surface area contributed by atoms with Crippen LogP contribution in [-0.4, -0.2) is 44.5 Å². The summed E-state index contributed by atoms with van der Waals surface area (Å²) < 4.78 is 0. The summed E-state index contributed by atoms with van der Waals surface area (Å²) in [6.07, 6.45) is 2.82. The Morgan fingerprint density at radius 1 is 1.32 bits per heavy atom. The molecule has 0 saturated carbocycles. The topological polar surface area (TPSA) is 32.3 Å². The molecule has 0 aliphatic carbocycles. The van der Waals surface area contributed by atoms with Crippen LogP contribution in [0.5, 0.6) is 0 Å². The molecule has 0 spiro atoms. The van der Waals surface area contributed by atoms with Crippen LogP contribution in [0, 0.1) is 6.92 Å². The van der Waals surface area contributed by atoms with Crippen LogP contribution in [0.25, 0.3) is 0 Å². The van der Waals surface area contributed by atoms with Crippen LogP contribution in [0.4, 0.5) is 5.69 Å². The molecule has 0 aliphatic rings. The number of nitrogens with zero attached hydrogens (tertiary/aromatic N) is 1. The van der Waals surface area contributed by atoms with Crippen LogP contribution < -0.4 is 10.1 Å². The van der Waals surface area contributed by atoms with Crippen molar-refractivity contribution in [3.05, 3.63) is 29.3 Å². The van der Waals surface area contributed by atoms with Crippen molar-refractivity contribution in [2.75, 3.05) is 29.7 Å². The van der Waals surface area contributed by atoms with Gasteiger partial charge in [0.15, 0.2) is 0 Å². The van der Waals surface area contributed by atoms with Gasteiger partial charge in [-0.05, 0) is 43.0 Å². The third kappa shape index (κ3) is 6.19. The molecular weight excluding hydrogens is 318 g/mol. The first-order chi connectivity index (χ1) is 10.7. The minimum Gasteiger partial charge on any atom is -0.369 e. The molecule has 0 bridgehead atoms. The fourth-order valence-corrected chi connectivity index (χ4v) is 2.90. The van der Waals surface area contributed by atoms with Gasteiger partial charge in [0.1, 0.15) is 0 Å². The van der Waals surface area contributed by atoms with E-state index in [1.54, 1.807) is 0 Å². The molecule has 0 heterocycles. The number of rotatable bonds is 11. The molecule has 3 nitrogen and oxygen atoms in total. The summed E-state index contributed by atoms with van der Waals surface area (Å²) in [7, 11) is 0.405. The third-order valence-corrected chi connectivity index (χ3v) is 4.19. The number of hydrogen-bond acceptors (Lipinski definition) is 3. The van der Waals surface area contributed by atoms with Gasteiger partial charge >= 0.3 is 0 Å². The summed E-state index contributed by atoms with van der Waals surface area (Å²) in [5, 5.41) is 3.27. The summed E-state index contributed by atoms with van der Waals surface area (Å²) in [6.45, 7) is 5.84. The molecule has 0 fully saturated rings. The minimum absolute atomic E-state index is 0.314. The normalized spacial score (nSPS) is 12.0. The van der Waals surface area contributed by atoms with E-state index in [0.29, 0.717) is 25.2 Å². The zero-order chi connectivity index (χ0) is 16.4. The summed E-state index contributed by atoms with van der Waals surface area (Å²) in [5.41, 5.74) is 3.73. The highest BCUT2D eigenvalue weighted by molar-refractivity contribution is 6.64. The lowest BCUT2D eigenvalue weighted by molar-refractivity contribution is 0.563. The number of aryl methyl sites for hydroxylation is 1. The van der Waals surface area contributed by atoms with Crippen LogP contribution in [-0.2, 0) is 11.2 Å². The molecule has 122 valence electrons. The van der Waals surface area contributed by atoms with Gasteiger partial charge in [-0.3, -0.25) is 0 Å². The number of alkyl halides is 2. The van der Waals surface area contributed by atoms with E-state index < -0.39 is 0 Å². The maximum Gasteiger partial charge on any atom is 0.278 e. The predicted molar refractivity (Wildman–Crippen MR) is 99.7 cm³/mol. The Hall–Kier alpha value is -0.705. The van der Waals surface area contributed by atoms with Crippen molar-refractivity contribution in [1.82, 2.24) is 5.23 Å². The molecule has 1 aromatic rings. The summed E-state index contributed by atoms with van der Waals surface area (Å²) in [4.78, 5) is 12.7. The summed E-state index contributed by atoms with van der Waals surface area (Å²) in [5.74, 6) is 1.16. The molecule has 1 atom stereocenters. The summed E-state index contributed by atoms with van der Waals surface area (Å²) in [6, 6.07) is 6.80. The van der Waals surface area contributed by atoms with E-state index in [9.17, 15) is 4.79 Å². The average Bonchev–Trinajstić information content (AvgIpc) is 2.53. The van der Waals surface area contributed by atoms with Gasteiger partial charge in [-0.15, -0.1) is 23.2 Å². The smallest absolute Gasteiger partial charge is 0.278 e. The van der Waals surface area contributed by atoms with E-state index in [0.717, 1.165) is 37.8 Å². The molecule has 0 radical (unpaired) electrons. The van der Waals surface area contributed by atoms with Gasteiger partial charge in [0.2, 0.25) is 0 Å². The van der Waals surface area contributed by atoms with E-state index in [4.69, 9.17) is 23.2 Å². The Morgan fingerprint density at radius 3 is 2.55 bits per heavy atom. The Balaban J connectivity index is 2.89. The molecule has 1 N–H and O–H groups in total. The quantitative estimate of drug-likeness (QED) is 0.381. The van der Waals surface area contributed by atoms with Gasteiger partial charge < -0.3 is 14.9 Å². The van der Waals surface area contributed by atoms with E-state index in [-0.39, 0.29) is 0 Å². The highest BCUT2D eigenvalue weighted by atomic mass is 35.5. The van der Waals surface area contributed by atoms with E-state index >= 15 is 0 Å². The van der Waals surface area contributed by atoms with Crippen LogP contribution >= 0.6 is 23.2 Å². The van der Waals surface area contributed by atoms with E-state index in [1.165, 1.54) is 11.1 Å². The lowest BCUT2D eigenvalue weighted by Gasteiger charge is -2.25. The van der Waals surface area contributed by atoms with Crippen molar-refractivity contribution in [2.45, 2.75) is 32.7 Å². The third-order valence-electron chi connectivity index (χ3n) is 3.86. The number of hydrogen-bond donors (Lipinski definition) is 1. The Bertz CT molecular complexity index is 454. The number of carbonyl (C=O) groups excluding carboxylic acids is 1. The van der Waals surface area contributed by atoms with Crippen molar-refractivity contribution in [3.8, 4) is 0 Å². The van der Waals surface area contributed by atoms with Gasteiger partial charge in [0.05, 0.1) is 6.19 Å². The van der Waals surface area contributed by atoms with Crippen LogP contribution in [0.2, 0.25) is 0 Å². The van der Waals surface area contributed by atoms with E-state index in [2.05, 4.69) is 42.2 Å². The SMILES string of the molecule is CC[C@@H](Cc1cc(N(CCCl)CCCl)ccc1C)NBC=O. The second-order valence-electron chi connectivity index (χ2n) is 5.36. The lowest BCUT2D eigenvalue weighted by Crippen LogP contribution is -2.34. The van der Waals surface area contributed by atoms with Crippen LogP contribution in [0.3, 0.4) is 0 Å². The Kier molecular flexibility index (Phi) is 9.61. The number of carbonyl (C=O) groups is 1. The fraction of sp³-hybridized carbons (Fsp3) is 0.562. The molecule has 0 saturated heterocycles. The van der Waals surface area contributed by atoms with Gasteiger partial charge in [0.25, 0.3) is 7.41 Å².